The van der Waals surface area contributed by atoms with Crippen molar-refractivity contribution in [3.63, 3.8) is 0 Å². The highest BCUT2D eigenvalue weighted by Crippen LogP contribution is 2.34. The third-order valence-electron chi connectivity index (χ3n) is 3.07. The van der Waals surface area contributed by atoms with Crippen LogP contribution in [-0.2, 0) is 11.2 Å². The minimum atomic E-state index is -0.200. The number of hydrogen-bond acceptors (Lipinski definition) is 2. The minimum absolute atomic E-state index is 0.0566. The Bertz CT molecular complexity index is 445. The van der Waals surface area contributed by atoms with Gasteiger partial charge in [-0.15, -0.1) is 0 Å². The van der Waals surface area contributed by atoms with E-state index in [0.717, 1.165) is 12.1 Å². The molecule has 2 N–H and O–H groups in total. The van der Waals surface area contributed by atoms with Crippen LogP contribution in [0.3, 0.4) is 0 Å². The first-order valence-electron chi connectivity index (χ1n) is 5.99. The second-order valence-corrected chi connectivity index (χ2v) is 4.43. The van der Waals surface area contributed by atoms with Crippen LogP contribution in [0.25, 0.3) is 0 Å². The Kier molecular flexibility index (Phi) is 3.31. The van der Waals surface area contributed by atoms with Gasteiger partial charge in [0, 0.05) is 18.0 Å². The van der Waals surface area contributed by atoms with E-state index < -0.39 is 0 Å². The molecule has 1 unspecified atom stereocenters. The molecular formula is C13H17FN2O. The van der Waals surface area contributed by atoms with Crippen LogP contribution in [0.4, 0.5) is 15.8 Å². The van der Waals surface area contributed by atoms with Crippen LogP contribution in [0.5, 0.6) is 0 Å². The van der Waals surface area contributed by atoms with E-state index in [0.29, 0.717) is 30.1 Å². The highest BCUT2D eigenvalue weighted by Gasteiger charge is 2.21. The van der Waals surface area contributed by atoms with Gasteiger partial charge in [-0.1, -0.05) is 6.92 Å². The molecule has 0 aromatic heterocycles. The van der Waals surface area contributed by atoms with Crippen LogP contribution in [0.1, 0.15) is 32.3 Å². The molecule has 2 rings (SSSR count). The number of amides is 1. The predicted molar refractivity (Wildman–Crippen MR) is 66.7 cm³/mol. The topological polar surface area (TPSA) is 41.1 Å². The Labute approximate surface area is 100 Å². The summed E-state index contributed by atoms with van der Waals surface area (Å²) in [4.78, 5) is 11.4. The Morgan fingerprint density at radius 2 is 2.35 bits per heavy atom. The molecule has 0 bridgehead atoms. The number of carbonyl (C=O) groups excluding carboxylic acids is 1. The fourth-order valence-electron chi connectivity index (χ4n) is 2.05. The average Bonchev–Trinajstić information content (AvgIpc) is 2.32. The molecule has 4 heteroatoms. The first kappa shape index (κ1) is 11.9. The lowest BCUT2D eigenvalue weighted by atomic mass is 9.97. The molecule has 0 radical (unpaired) electrons. The summed E-state index contributed by atoms with van der Waals surface area (Å²) < 4.78 is 13.6. The molecule has 17 heavy (non-hydrogen) atoms. The van der Waals surface area contributed by atoms with Crippen LogP contribution in [0.2, 0.25) is 0 Å². The fraction of sp³-hybridized carbons (Fsp3) is 0.462. The second-order valence-electron chi connectivity index (χ2n) is 4.43. The molecule has 1 aliphatic heterocycles. The second kappa shape index (κ2) is 4.73. The number of benzene rings is 1. The highest BCUT2D eigenvalue weighted by molar-refractivity contribution is 5.94. The number of carbonyl (C=O) groups is 1. The third-order valence-corrected chi connectivity index (χ3v) is 3.07. The van der Waals surface area contributed by atoms with Crippen molar-refractivity contribution < 1.29 is 9.18 Å². The summed E-state index contributed by atoms with van der Waals surface area (Å²) in [6, 6.07) is 3.34. The lowest BCUT2D eigenvalue weighted by molar-refractivity contribution is -0.115. The van der Waals surface area contributed by atoms with Gasteiger partial charge in [-0.2, -0.15) is 0 Å². The lowest BCUT2D eigenvalue weighted by Gasteiger charge is -2.26. The van der Waals surface area contributed by atoms with Crippen LogP contribution < -0.4 is 10.6 Å². The molecule has 0 saturated heterocycles. The first-order chi connectivity index (χ1) is 8.11. The largest absolute Gasteiger partial charge is 0.381 e. The monoisotopic (exact) mass is 236 g/mol. The first-order valence-corrected chi connectivity index (χ1v) is 5.99. The van der Waals surface area contributed by atoms with E-state index in [1.54, 1.807) is 13.0 Å². The van der Waals surface area contributed by atoms with E-state index in [4.69, 9.17) is 0 Å². The van der Waals surface area contributed by atoms with Gasteiger partial charge in [0.05, 0.1) is 11.4 Å². The molecule has 1 atom stereocenters. The summed E-state index contributed by atoms with van der Waals surface area (Å²) in [6.07, 6.45) is 2.04. The molecule has 1 amide bonds. The van der Waals surface area contributed by atoms with Crippen molar-refractivity contribution in [3.8, 4) is 0 Å². The third kappa shape index (κ3) is 2.40. The van der Waals surface area contributed by atoms with Gasteiger partial charge in [-0.05, 0) is 31.9 Å². The van der Waals surface area contributed by atoms with Gasteiger partial charge < -0.3 is 10.6 Å². The summed E-state index contributed by atoms with van der Waals surface area (Å²) in [7, 11) is 0. The van der Waals surface area contributed by atoms with Gasteiger partial charge in [0.25, 0.3) is 0 Å². The van der Waals surface area contributed by atoms with Crippen LogP contribution in [-0.4, -0.2) is 11.9 Å². The molecule has 1 heterocycles. The molecule has 0 fully saturated rings. The Balaban J connectivity index is 2.37. The Morgan fingerprint density at radius 3 is 3.06 bits per heavy atom. The molecule has 1 aromatic rings. The van der Waals surface area contributed by atoms with Crippen molar-refractivity contribution in [2.75, 3.05) is 10.6 Å². The quantitative estimate of drug-likeness (QED) is 0.829. The average molecular weight is 236 g/mol. The molecule has 1 aliphatic rings. The van der Waals surface area contributed by atoms with Crippen LogP contribution >= 0.6 is 0 Å². The summed E-state index contributed by atoms with van der Waals surface area (Å²) >= 11 is 0. The van der Waals surface area contributed by atoms with Crippen molar-refractivity contribution >= 4 is 17.3 Å². The number of halogens is 1. The van der Waals surface area contributed by atoms with Gasteiger partial charge in [-0.25, -0.2) is 4.39 Å². The Morgan fingerprint density at radius 1 is 1.59 bits per heavy atom. The van der Waals surface area contributed by atoms with Gasteiger partial charge in [-0.3, -0.25) is 4.79 Å². The van der Waals surface area contributed by atoms with Gasteiger partial charge >= 0.3 is 0 Å². The normalized spacial score (nSPS) is 18.2. The highest BCUT2D eigenvalue weighted by atomic mass is 19.1. The molecule has 92 valence electrons. The van der Waals surface area contributed by atoms with Crippen molar-refractivity contribution in [1.82, 2.24) is 0 Å². The molecule has 0 spiro atoms. The number of nitrogens with one attached hydrogen (secondary N) is 2. The number of anilines is 2. The minimum Gasteiger partial charge on any atom is -0.381 e. The standard InChI is InChI=1S/C13H17FN2O/c1-3-12(17)16-11-7-6-10(14)9-5-4-8(2)15-13(9)11/h6-8,15H,3-5H2,1-2H3,(H,16,17). The molecule has 3 nitrogen and oxygen atoms in total. The van der Waals surface area contributed by atoms with E-state index in [-0.39, 0.29) is 11.7 Å². The summed E-state index contributed by atoms with van der Waals surface area (Å²) in [5, 5.41) is 6.04. The summed E-state index contributed by atoms with van der Waals surface area (Å²) in [6.45, 7) is 3.85. The fourth-order valence-corrected chi connectivity index (χ4v) is 2.05. The number of fused-ring (bicyclic) bond motifs is 1. The van der Waals surface area contributed by atoms with Gasteiger partial charge in [0.15, 0.2) is 0 Å². The van der Waals surface area contributed by atoms with Gasteiger partial charge in [0.2, 0.25) is 5.91 Å². The van der Waals surface area contributed by atoms with Crippen molar-refractivity contribution in [2.24, 2.45) is 0 Å². The molecule has 0 aliphatic carbocycles. The maximum absolute atomic E-state index is 13.6. The van der Waals surface area contributed by atoms with Crippen LogP contribution in [0, 0.1) is 5.82 Å². The van der Waals surface area contributed by atoms with Crippen molar-refractivity contribution in [3.05, 3.63) is 23.5 Å². The van der Waals surface area contributed by atoms with E-state index in [9.17, 15) is 9.18 Å². The number of rotatable bonds is 2. The molecule has 0 saturated carbocycles. The molecular weight excluding hydrogens is 219 g/mol. The van der Waals surface area contributed by atoms with E-state index in [1.807, 2.05) is 0 Å². The summed E-state index contributed by atoms with van der Waals surface area (Å²) in [5.41, 5.74) is 2.10. The van der Waals surface area contributed by atoms with Crippen molar-refractivity contribution in [2.45, 2.75) is 39.2 Å². The van der Waals surface area contributed by atoms with Gasteiger partial charge in [0.1, 0.15) is 5.82 Å². The van der Waals surface area contributed by atoms with Crippen molar-refractivity contribution in [1.29, 1.82) is 0 Å². The van der Waals surface area contributed by atoms with E-state index in [1.165, 1.54) is 6.07 Å². The zero-order valence-corrected chi connectivity index (χ0v) is 10.1. The maximum atomic E-state index is 13.6. The smallest absolute Gasteiger partial charge is 0.224 e. The SMILES string of the molecule is CCC(=O)Nc1ccc(F)c2c1NC(C)CC2. The Hall–Kier alpha value is -1.58. The number of hydrogen-bond donors (Lipinski definition) is 2. The zero-order valence-electron chi connectivity index (χ0n) is 10.1. The van der Waals surface area contributed by atoms with E-state index in [2.05, 4.69) is 17.6 Å². The molecule has 1 aromatic carbocycles. The van der Waals surface area contributed by atoms with E-state index >= 15 is 0 Å². The van der Waals surface area contributed by atoms with Crippen LogP contribution in [0.15, 0.2) is 12.1 Å². The predicted octanol–water partition coefficient (Wildman–Crippen LogP) is 2.92. The summed E-state index contributed by atoms with van der Waals surface area (Å²) in [5.74, 6) is -0.257. The zero-order chi connectivity index (χ0) is 12.4. The lowest BCUT2D eigenvalue weighted by Crippen LogP contribution is -2.24. The maximum Gasteiger partial charge on any atom is 0.224 e.